The van der Waals surface area contributed by atoms with Gasteiger partial charge in [-0.2, -0.15) is 0 Å². The van der Waals surface area contributed by atoms with E-state index >= 15 is 0 Å². The van der Waals surface area contributed by atoms with E-state index in [9.17, 15) is 18.0 Å². The Morgan fingerprint density at radius 1 is 1.35 bits per heavy atom. The molecule has 1 aliphatic rings. The Morgan fingerprint density at radius 3 is 2.60 bits per heavy atom. The highest BCUT2D eigenvalue weighted by Gasteiger charge is 2.33. The van der Waals surface area contributed by atoms with E-state index in [0.29, 0.717) is 5.56 Å². The SMILES string of the molecule is Cc1cccc(C(=O)O)c1NC(=O)C1CCS(=O)(=O)C1. The normalized spacial score (nSPS) is 20.6. The number of hydrogen-bond donors (Lipinski definition) is 2. The second-order valence-electron chi connectivity index (χ2n) is 4.89. The zero-order valence-corrected chi connectivity index (χ0v) is 11.7. The molecule has 1 aliphatic heterocycles. The maximum absolute atomic E-state index is 12.1. The smallest absolute Gasteiger partial charge is 0.337 e. The van der Waals surface area contributed by atoms with Crippen molar-refractivity contribution in [2.75, 3.05) is 16.8 Å². The van der Waals surface area contributed by atoms with Crippen LogP contribution in [0.2, 0.25) is 0 Å². The summed E-state index contributed by atoms with van der Waals surface area (Å²) in [6.07, 6.45) is 0.280. The van der Waals surface area contributed by atoms with Gasteiger partial charge in [-0.15, -0.1) is 0 Å². The molecule has 1 amide bonds. The van der Waals surface area contributed by atoms with Gasteiger partial charge in [0, 0.05) is 0 Å². The molecule has 1 heterocycles. The molecule has 0 spiro atoms. The number of carboxylic acid groups (broad SMARTS) is 1. The van der Waals surface area contributed by atoms with Crippen molar-refractivity contribution in [2.45, 2.75) is 13.3 Å². The van der Waals surface area contributed by atoms with Crippen molar-refractivity contribution in [3.63, 3.8) is 0 Å². The molecule has 0 aliphatic carbocycles. The van der Waals surface area contributed by atoms with Crippen molar-refractivity contribution < 1.29 is 23.1 Å². The molecular formula is C13H15NO5S. The highest BCUT2D eigenvalue weighted by atomic mass is 32.2. The van der Waals surface area contributed by atoms with Gasteiger partial charge in [-0.3, -0.25) is 4.79 Å². The summed E-state index contributed by atoms with van der Waals surface area (Å²) in [5.41, 5.74) is 0.854. The molecule has 1 fully saturated rings. The molecule has 6 nitrogen and oxygen atoms in total. The second-order valence-corrected chi connectivity index (χ2v) is 7.12. The molecule has 108 valence electrons. The van der Waals surface area contributed by atoms with E-state index in [1.165, 1.54) is 6.07 Å². The van der Waals surface area contributed by atoms with Gasteiger partial charge in [0.05, 0.1) is 28.7 Å². The molecule has 1 aromatic carbocycles. The summed E-state index contributed by atoms with van der Waals surface area (Å²) < 4.78 is 22.7. The largest absolute Gasteiger partial charge is 0.478 e. The van der Waals surface area contributed by atoms with Crippen molar-refractivity contribution in [2.24, 2.45) is 5.92 Å². The average molecular weight is 297 g/mol. The van der Waals surface area contributed by atoms with Gasteiger partial charge in [0.2, 0.25) is 5.91 Å². The summed E-state index contributed by atoms with van der Waals surface area (Å²) >= 11 is 0. The van der Waals surface area contributed by atoms with Crippen molar-refractivity contribution in [1.29, 1.82) is 0 Å². The van der Waals surface area contributed by atoms with Crippen molar-refractivity contribution in [3.05, 3.63) is 29.3 Å². The number of benzene rings is 1. The van der Waals surface area contributed by atoms with Crippen LogP contribution in [0.1, 0.15) is 22.3 Å². The maximum atomic E-state index is 12.1. The number of sulfone groups is 1. The minimum Gasteiger partial charge on any atom is -0.478 e. The summed E-state index contributed by atoms with van der Waals surface area (Å²) in [4.78, 5) is 23.2. The third-order valence-electron chi connectivity index (χ3n) is 3.35. The van der Waals surface area contributed by atoms with E-state index < -0.39 is 27.6 Å². The number of carbonyl (C=O) groups is 2. The van der Waals surface area contributed by atoms with Crippen LogP contribution in [-0.2, 0) is 14.6 Å². The maximum Gasteiger partial charge on any atom is 0.337 e. The van der Waals surface area contributed by atoms with Gasteiger partial charge in [-0.25, -0.2) is 13.2 Å². The highest BCUT2D eigenvalue weighted by molar-refractivity contribution is 7.91. The van der Waals surface area contributed by atoms with Crippen molar-refractivity contribution in [3.8, 4) is 0 Å². The molecule has 0 bridgehead atoms. The lowest BCUT2D eigenvalue weighted by Gasteiger charge is -2.14. The Bertz CT molecular complexity index is 665. The first kappa shape index (κ1) is 14.5. The van der Waals surface area contributed by atoms with Gasteiger partial charge in [0.15, 0.2) is 9.84 Å². The van der Waals surface area contributed by atoms with E-state index in [-0.39, 0.29) is 29.2 Å². The molecule has 0 radical (unpaired) electrons. The van der Waals surface area contributed by atoms with Crippen LogP contribution in [0.25, 0.3) is 0 Å². The number of nitrogens with one attached hydrogen (secondary N) is 1. The van der Waals surface area contributed by atoms with E-state index in [0.717, 1.165) is 0 Å². The van der Waals surface area contributed by atoms with E-state index in [1.54, 1.807) is 19.1 Å². The van der Waals surface area contributed by atoms with Gasteiger partial charge in [0.25, 0.3) is 0 Å². The Labute approximate surface area is 116 Å². The minimum absolute atomic E-state index is 0.000737. The van der Waals surface area contributed by atoms with Gasteiger partial charge >= 0.3 is 5.97 Å². The lowest BCUT2D eigenvalue weighted by Crippen LogP contribution is -2.25. The van der Waals surface area contributed by atoms with Gasteiger partial charge in [-0.1, -0.05) is 12.1 Å². The molecule has 1 unspecified atom stereocenters. The van der Waals surface area contributed by atoms with Crippen LogP contribution in [0.3, 0.4) is 0 Å². The molecular weight excluding hydrogens is 282 g/mol. The fourth-order valence-corrected chi connectivity index (χ4v) is 3.98. The number of amides is 1. The van der Waals surface area contributed by atoms with Gasteiger partial charge in [-0.05, 0) is 25.0 Å². The molecule has 0 saturated carbocycles. The highest BCUT2D eigenvalue weighted by Crippen LogP contribution is 2.24. The van der Waals surface area contributed by atoms with Crippen molar-refractivity contribution in [1.82, 2.24) is 0 Å². The van der Waals surface area contributed by atoms with Crippen LogP contribution in [0.5, 0.6) is 0 Å². The minimum atomic E-state index is -3.15. The Kier molecular flexibility index (Phi) is 3.80. The van der Waals surface area contributed by atoms with Crippen LogP contribution in [-0.4, -0.2) is 36.9 Å². The third kappa shape index (κ3) is 2.98. The standard InChI is InChI=1S/C13H15NO5S/c1-8-3-2-4-10(13(16)17)11(8)14-12(15)9-5-6-20(18,19)7-9/h2-4,9H,5-7H2,1H3,(H,14,15)(H,16,17). The topological polar surface area (TPSA) is 101 Å². The fourth-order valence-electron chi connectivity index (χ4n) is 2.24. The Morgan fingerprint density at radius 2 is 2.05 bits per heavy atom. The van der Waals surface area contributed by atoms with Crippen LogP contribution < -0.4 is 5.32 Å². The van der Waals surface area contributed by atoms with Gasteiger partial charge < -0.3 is 10.4 Å². The zero-order chi connectivity index (χ0) is 14.9. The number of anilines is 1. The number of aryl methyl sites for hydroxylation is 1. The molecule has 0 aromatic heterocycles. The number of hydrogen-bond acceptors (Lipinski definition) is 4. The molecule has 2 rings (SSSR count). The molecule has 20 heavy (non-hydrogen) atoms. The van der Waals surface area contributed by atoms with E-state index in [4.69, 9.17) is 5.11 Å². The van der Waals surface area contributed by atoms with Crippen LogP contribution in [0.4, 0.5) is 5.69 Å². The number of aromatic carboxylic acids is 1. The molecule has 2 N–H and O–H groups in total. The molecule has 1 atom stereocenters. The average Bonchev–Trinajstić information content (AvgIpc) is 2.72. The molecule has 1 aromatic rings. The summed E-state index contributed by atoms with van der Waals surface area (Å²) in [7, 11) is -3.15. The van der Waals surface area contributed by atoms with Crippen LogP contribution in [0, 0.1) is 12.8 Å². The lowest BCUT2D eigenvalue weighted by molar-refractivity contribution is -0.119. The Hall–Kier alpha value is -1.89. The number of carbonyl (C=O) groups excluding carboxylic acids is 1. The number of rotatable bonds is 3. The van der Waals surface area contributed by atoms with Crippen LogP contribution in [0.15, 0.2) is 18.2 Å². The Balaban J connectivity index is 2.23. The fraction of sp³-hybridized carbons (Fsp3) is 0.385. The first-order chi connectivity index (χ1) is 9.30. The summed E-state index contributed by atoms with van der Waals surface area (Å²) in [6, 6.07) is 4.68. The van der Waals surface area contributed by atoms with Crippen LogP contribution >= 0.6 is 0 Å². The molecule has 1 saturated heterocycles. The quantitative estimate of drug-likeness (QED) is 0.869. The van der Waals surface area contributed by atoms with Gasteiger partial charge in [0.1, 0.15) is 0 Å². The second kappa shape index (κ2) is 5.24. The lowest BCUT2D eigenvalue weighted by atomic mass is 10.1. The number of carboxylic acids is 1. The summed E-state index contributed by atoms with van der Waals surface area (Å²) in [6.45, 7) is 1.69. The van der Waals surface area contributed by atoms with E-state index in [1.807, 2.05) is 0 Å². The molecule has 7 heteroatoms. The summed E-state index contributed by atoms with van der Waals surface area (Å²) in [5.74, 6) is -2.36. The number of para-hydroxylation sites is 1. The van der Waals surface area contributed by atoms with E-state index in [2.05, 4.69) is 5.32 Å². The zero-order valence-electron chi connectivity index (χ0n) is 10.9. The monoisotopic (exact) mass is 297 g/mol. The van der Waals surface area contributed by atoms with Crippen molar-refractivity contribution >= 4 is 27.4 Å². The third-order valence-corrected chi connectivity index (χ3v) is 5.12. The first-order valence-electron chi connectivity index (χ1n) is 6.14. The predicted molar refractivity (Wildman–Crippen MR) is 73.5 cm³/mol. The summed E-state index contributed by atoms with van der Waals surface area (Å²) in [5, 5.41) is 11.7. The first-order valence-corrected chi connectivity index (χ1v) is 7.96. The predicted octanol–water partition coefficient (Wildman–Crippen LogP) is 1.07.